The Morgan fingerprint density at radius 3 is 2.64 bits per heavy atom. The highest BCUT2D eigenvalue weighted by molar-refractivity contribution is 8.16. The van der Waals surface area contributed by atoms with E-state index in [1.54, 1.807) is 0 Å². The van der Waals surface area contributed by atoms with Crippen molar-refractivity contribution < 1.29 is 8.42 Å². The van der Waals surface area contributed by atoms with Gasteiger partial charge in [0, 0.05) is 23.1 Å². The van der Waals surface area contributed by atoms with Gasteiger partial charge in [0.05, 0.1) is 4.91 Å². The number of nitrogens with one attached hydrogen (secondary N) is 1. The molecule has 1 rings (SSSR count). The highest BCUT2D eigenvalue weighted by atomic mass is 35.7. The summed E-state index contributed by atoms with van der Waals surface area (Å²) in [5, 5.41) is 3.04. The third-order valence-corrected chi connectivity index (χ3v) is 3.38. The van der Waals surface area contributed by atoms with E-state index in [-0.39, 0.29) is 10.8 Å². The molecule has 1 aliphatic rings. The van der Waals surface area contributed by atoms with Crippen LogP contribution < -0.4 is 5.32 Å². The highest BCUT2D eigenvalue weighted by Gasteiger charge is 2.25. The second-order valence-corrected chi connectivity index (χ2v) is 5.21. The van der Waals surface area contributed by atoms with E-state index in [0.717, 1.165) is 13.0 Å². The van der Waals surface area contributed by atoms with E-state index in [2.05, 4.69) is 11.9 Å². The molecular formula is C6H10ClNO2S. The number of hydrogen-bond acceptors (Lipinski definition) is 3. The molecule has 0 aromatic rings. The van der Waals surface area contributed by atoms with Crippen molar-refractivity contribution in [3.05, 3.63) is 11.5 Å². The Bertz CT molecular complexity index is 254. The van der Waals surface area contributed by atoms with Gasteiger partial charge in [0.25, 0.3) is 9.05 Å². The molecule has 3 nitrogen and oxygen atoms in total. The molecule has 0 spiro atoms. The lowest BCUT2D eigenvalue weighted by Gasteiger charge is -2.07. The first kappa shape index (κ1) is 9.03. The molecule has 0 bridgehead atoms. The largest absolute Gasteiger partial charge is 0.316 e. The molecule has 0 radical (unpaired) electrons. The van der Waals surface area contributed by atoms with Gasteiger partial charge >= 0.3 is 0 Å². The Kier molecular flexibility index (Phi) is 2.57. The molecule has 11 heavy (non-hydrogen) atoms. The van der Waals surface area contributed by atoms with Gasteiger partial charge in [0.15, 0.2) is 0 Å². The van der Waals surface area contributed by atoms with E-state index in [1.165, 1.54) is 0 Å². The molecule has 0 amide bonds. The van der Waals surface area contributed by atoms with E-state index in [1.807, 2.05) is 0 Å². The van der Waals surface area contributed by atoms with Crippen molar-refractivity contribution in [2.45, 2.75) is 6.42 Å². The summed E-state index contributed by atoms with van der Waals surface area (Å²) in [6.07, 6.45) is 0.810. The minimum Gasteiger partial charge on any atom is -0.316 e. The van der Waals surface area contributed by atoms with E-state index in [0.29, 0.717) is 6.54 Å². The summed E-state index contributed by atoms with van der Waals surface area (Å²) in [5.74, 6) is -0.00231. The molecule has 0 aromatic carbocycles. The predicted octanol–water partition coefficient (Wildman–Crippen LogP) is 0.678. The van der Waals surface area contributed by atoms with Gasteiger partial charge in [-0.25, -0.2) is 8.42 Å². The van der Waals surface area contributed by atoms with E-state index in [9.17, 15) is 8.42 Å². The van der Waals surface area contributed by atoms with Gasteiger partial charge in [-0.3, -0.25) is 0 Å². The fourth-order valence-electron chi connectivity index (χ4n) is 1.13. The molecule has 0 saturated carbocycles. The zero-order valence-corrected chi connectivity index (χ0v) is 7.58. The minimum atomic E-state index is -3.55. The third kappa shape index (κ3) is 2.18. The lowest BCUT2D eigenvalue weighted by atomic mass is 10.1. The quantitative estimate of drug-likeness (QED) is 0.660. The number of halogens is 1. The van der Waals surface area contributed by atoms with Crippen molar-refractivity contribution in [1.82, 2.24) is 5.32 Å². The molecule has 1 unspecified atom stereocenters. The Labute approximate surface area is 70.9 Å². The maximum Gasteiger partial charge on any atom is 0.257 e. The van der Waals surface area contributed by atoms with Gasteiger partial charge in [-0.05, 0) is 13.0 Å². The summed E-state index contributed by atoms with van der Waals surface area (Å²) in [7, 11) is 1.56. The van der Waals surface area contributed by atoms with Crippen LogP contribution in [0, 0.1) is 5.92 Å². The van der Waals surface area contributed by atoms with E-state index >= 15 is 0 Å². The SMILES string of the molecule is C=C(C1CCNC1)S(=O)(=O)Cl. The Morgan fingerprint density at radius 2 is 2.27 bits per heavy atom. The lowest BCUT2D eigenvalue weighted by molar-refractivity contribution is 0.603. The molecule has 1 aliphatic heterocycles. The normalized spacial score (nSPS) is 25.4. The van der Waals surface area contributed by atoms with Crippen LogP contribution in [0.3, 0.4) is 0 Å². The van der Waals surface area contributed by atoms with E-state index < -0.39 is 9.05 Å². The second kappa shape index (κ2) is 3.13. The summed E-state index contributed by atoms with van der Waals surface area (Å²) < 4.78 is 21.5. The highest BCUT2D eigenvalue weighted by Crippen LogP contribution is 2.23. The second-order valence-electron chi connectivity index (χ2n) is 2.59. The van der Waals surface area contributed by atoms with Crippen molar-refractivity contribution in [3.63, 3.8) is 0 Å². The first-order chi connectivity index (χ1) is 5.02. The Hall–Kier alpha value is -0.0600. The average molecular weight is 196 g/mol. The fourth-order valence-corrected chi connectivity index (χ4v) is 2.11. The van der Waals surface area contributed by atoms with Crippen molar-refractivity contribution in [2.24, 2.45) is 5.92 Å². The summed E-state index contributed by atoms with van der Waals surface area (Å²) >= 11 is 0. The van der Waals surface area contributed by atoms with Crippen LogP contribution >= 0.6 is 10.7 Å². The number of hydrogen-bond donors (Lipinski definition) is 1. The van der Waals surface area contributed by atoms with E-state index in [4.69, 9.17) is 10.7 Å². The standard InChI is InChI=1S/C6H10ClNO2S/c1-5(11(7,9)10)6-2-3-8-4-6/h6,8H,1-4H2. The first-order valence-corrected chi connectivity index (χ1v) is 5.67. The van der Waals surface area contributed by atoms with Crippen molar-refractivity contribution >= 4 is 19.7 Å². The summed E-state index contributed by atoms with van der Waals surface area (Å²) in [6.45, 7) is 4.96. The van der Waals surface area contributed by atoms with Crippen LogP contribution in [0.2, 0.25) is 0 Å². The number of rotatable bonds is 2. The van der Waals surface area contributed by atoms with Crippen LogP contribution in [-0.4, -0.2) is 21.5 Å². The van der Waals surface area contributed by atoms with Gasteiger partial charge in [0.1, 0.15) is 0 Å². The van der Waals surface area contributed by atoms with Crippen molar-refractivity contribution in [1.29, 1.82) is 0 Å². The Balaban J connectivity index is 2.69. The zero-order chi connectivity index (χ0) is 8.48. The van der Waals surface area contributed by atoms with Crippen LogP contribution in [0.5, 0.6) is 0 Å². The van der Waals surface area contributed by atoms with Gasteiger partial charge in [-0.15, -0.1) is 0 Å². The molecular weight excluding hydrogens is 186 g/mol. The monoisotopic (exact) mass is 195 g/mol. The predicted molar refractivity (Wildman–Crippen MR) is 44.9 cm³/mol. The summed E-state index contributed by atoms with van der Waals surface area (Å²) in [4.78, 5) is 0.143. The molecule has 1 heterocycles. The van der Waals surface area contributed by atoms with Crippen LogP contribution in [0.4, 0.5) is 0 Å². The van der Waals surface area contributed by atoms with Gasteiger partial charge < -0.3 is 5.32 Å². The molecule has 64 valence electrons. The topological polar surface area (TPSA) is 46.2 Å². The van der Waals surface area contributed by atoms with Crippen molar-refractivity contribution in [3.8, 4) is 0 Å². The minimum absolute atomic E-state index is 0.00231. The lowest BCUT2D eigenvalue weighted by Crippen LogP contribution is -2.12. The van der Waals surface area contributed by atoms with Crippen molar-refractivity contribution in [2.75, 3.05) is 13.1 Å². The molecule has 1 saturated heterocycles. The van der Waals surface area contributed by atoms with Crippen LogP contribution in [0.15, 0.2) is 11.5 Å². The summed E-state index contributed by atoms with van der Waals surface area (Å²) in [6, 6.07) is 0. The van der Waals surface area contributed by atoms with Gasteiger partial charge in [0.2, 0.25) is 0 Å². The maximum absolute atomic E-state index is 10.8. The maximum atomic E-state index is 10.8. The molecule has 5 heteroatoms. The van der Waals surface area contributed by atoms with Crippen LogP contribution in [0.1, 0.15) is 6.42 Å². The third-order valence-electron chi connectivity index (χ3n) is 1.83. The van der Waals surface area contributed by atoms with Gasteiger partial charge in [-0.2, -0.15) is 0 Å². The first-order valence-electron chi connectivity index (χ1n) is 3.36. The molecule has 0 aromatic heterocycles. The zero-order valence-electron chi connectivity index (χ0n) is 6.01. The smallest absolute Gasteiger partial charge is 0.257 e. The molecule has 0 aliphatic carbocycles. The molecule has 1 fully saturated rings. The van der Waals surface area contributed by atoms with Crippen LogP contribution in [-0.2, 0) is 9.05 Å². The molecule has 1 atom stereocenters. The fraction of sp³-hybridized carbons (Fsp3) is 0.667. The summed E-state index contributed by atoms with van der Waals surface area (Å²) in [5.41, 5.74) is 0. The Morgan fingerprint density at radius 1 is 1.64 bits per heavy atom. The van der Waals surface area contributed by atoms with Gasteiger partial charge in [-0.1, -0.05) is 6.58 Å². The molecule has 1 N–H and O–H groups in total. The van der Waals surface area contributed by atoms with Crippen LogP contribution in [0.25, 0.3) is 0 Å². The average Bonchev–Trinajstić information content (AvgIpc) is 2.34.